The third kappa shape index (κ3) is 4.31. The molecule has 3 rings (SSSR count). The van der Waals surface area contributed by atoms with Gasteiger partial charge < -0.3 is 5.32 Å². The molecule has 0 aliphatic heterocycles. The Hall–Kier alpha value is -2.63. The Morgan fingerprint density at radius 2 is 1.50 bits per heavy atom. The minimum Gasteiger partial charge on any atom is -0.339 e. The van der Waals surface area contributed by atoms with E-state index in [0.29, 0.717) is 10.6 Å². The highest BCUT2D eigenvalue weighted by molar-refractivity contribution is 7.90. The van der Waals surface area contributed by atoms with E-state index in [2.05, 4.69) is 9.71 Å². The predicted octanol–water partition coefficient (Wildman–Crippen LogP) is 4.90. The molecule has 0 bridgehead atoms. The average Bonchev–Trinajstić information content (AvgIpc) is 2.64. The fourth-order valence-corrected chi connectivity index (χ4v) is 3.47. The summed E-state index contributed by atoms with van der Waals surface area (Å²) in [7, 11) is -3.89. The van der Waals surface area contributed by atoms with Crippen LogP contribution in [0.4, 0.5) is 5.69 Å². The molecule has 0 unspecified atom stereocenters. The Morgan fingerprint density at radius 3 is 2.15 bits per heavy atom. The maximum atomic E-state index is 12.7. The monoisotopic (exact) mass is 384 g/mol. The van der Waals surface area contributed by atoms with Crippen molar-refractivity contribution in [3.63, 3.8) is 0 Å². The van der Waals surface area contributed by atoms with Crippen molar-refractivity contribution in [3.8, 4) is 0 Å². The lowest BCUT2D eigenvalue weighted by Crippen LogP contribution is -2.17. The Balaban J connectivity index is 2.07. The van der Waals surface area contributed by atoms with E-state index in [1.165, 1.54) is 24.3 Å². The molecule has 0 saturated carbocycles. The minimum absolute atomic E-state index is 0.0851. The molecule has 26 heavy (non-hydrogen) atoms. The van der Waals surface area contributed by atoms with Gasteiger partial charge in [0.05, 0.1) is 4.90 Å². The van der Waals surface area contributed by atoms with E-state index in [4.69, 9.17) is 11.6 Å². The van der Waals surface area contributed by atoms with Gasteiger partial charge in [0.15, 0.2) is 5.84 Å². The van der Waals surface area contributed by atoms with E-state index in [1.54, 1.807) is 0 Å². The first kappa shape index (κ1) is 18.2. The second-order valence-corrected chi connectivity index (χ2v) is 7.72. The second-order valence-electron chi connectivity index (χ2n) is 5.67. The zero-order valence-corrected chi connectivity index (χ0v) is 15.6. The average molecular weight is 385 g/mol. The summed E-state index contributed by atoms with van der Waals surface area (Å²) in [5, 5.41) is 3.61. The van der Waals surface area contributed by atoms with Crippen LogP contribution in [0, 0.1) is 6.92 Å². The van der Waals surface area contributed by atoms with Crippen LogP contribution in [0.3, 0.4) is 0 Å². The van der Waals surface area contributed by atoms with Crippen molar-refractivity contribution in [1.29, 1.82) is 0 Å². The number of amidine groups is 1. The minimum atomic E-state index is -3.89. The molecule has 0 atom stereocenters. The van der Waals surface area contributed by atoms with Gasteiger partial charge in [0.1, 0.15) is 0 Å². The Labute approximate surface area is 158 Å². The molecule has 4 nitrogen and oxygen atoms in total. The van der Waals surface area contributed by atoms with E-state index < -0.39 is 10.0 Å². The molecule has 0 heterocycles. The number of para-hydroxylation sites is 1. The van der Waals surface area contributed by atoms with Gasteiger partial charge in [0, 0.05) is 16.3 Å². The van der Waals surface area contributed by atoms with Crippen LogP contribution >= 0.6 is 11.6 Å². The zero-order valence-electron chi connectivity index (χ0n) is 14.1. The number of benzene rings is 3. The molecule has 0 fully saturated rings. The summed E-state index contributed by atoms with van der Waals surface area (Å²) in [4.78, 5) is 0.0851. The third-order valence-electron chi connectivity index (χ3n) is 3.77. The number of nitrogens with one attached hydrogen (secondary N) is 1. The smallest absolute Gasteiger partial charge is 0.284 e. The molecule has 1 N–H and O–H groups in total. The van der Waals surface area contributed by atoms with Crippen LogP contribution in [0.25, 0.3) is 0 Å². The van der Waals surface area contributed by atoms with Crippen molar-refractivity contribution in [2.75, 3.05) is 5.32 Å². The molecule has 6 heteroatoms. The number of nitrogens with zero attached hydrogens (tertiary/aromatic N) is 1. The van der Waals surface area contributed by atoms with Crippen molar-refractivity contribution in [2.24, 2.45) is 4.40 Å². The molecular weight excluding hydrogens is 368 g/mol. The van der Waals surface area contributed by atoms with Crippen LogP contribution in [0.5, 0.6) is 0 Å². The fourth-order valence-electron chi connectivity index (χ4n) is 2.36. The number of halogens is 1. The summed E-state index contributed by atoms with van der Waals surface area (Å²) >= 11 is 5.85. The van der Waals surface area contributed by atoms with Crippen LogP contribution < -0.4 is 5.32 Å². The zero-order chi connectivity index (χ0) is 18.6. The fraction of sp³-hybridized carbons (Fsp3) is 0.0500. The van der Waals surface area contributed by atoms with E-state index in [1.807, 2.05) is 61.5 Å². The first-order valence-electron chi connectivity index (χ1n) is 7.94. The number of anilines is 1. The number of aryl methyl sites for hydroxylation is 1. The van der Waals surface area contributed by atoms with Crippen LogP contribution in [0.2, 0.25) is 5.02 Å². The Kier molecular flexibility index (Phi) is 5.40. The summed E-state index contributed by atoms with van der Waals surface area (Å²) in [6.07, 6.45) is 0. The molecule has 0 aromatic heterocycles. The van der Waals surface area contributed by atoms with Gasteiger partial charge in [-0.3, -0.25) is 0 Å². The molecule has 0 aliphatic carbocycles. The van der Waals surface area contributed by atoms with Crippen LogP contribution in [-0.2, 0) is 10.0 Å². The largest absolute Gasteiger partial charge is 0.339 e. The normalized spacial score (nSPS) is 12.0. The van der Waals surface area contributed by atoms with Crippen molar-refractivity contribution in [3.05, 3.63) is 95.0 Å². The highest BCUT2D eigenvalue weighted by Crippen LogP contribution is 2.19. The topological polar surface area (TPSA) is 58.5 Å². The molecule has 0 saturated heterocycles. The number of rotatable bonds is 4. The van der Waals surface area contributed by atoms with E-state index >= 15 is 0 Å². The molecule has 3 aromatic carbocycles. The van der Waals surface area contributed by atoms with Crippen molar-refractivity contribution >= 4 is 33.1 Å². The summed E-state index contributed by atoms with van der Waals surface area (Å²) in [5.41, 5.74) is 2.45. The van der Waals surface area contributed by atoms with Gasteiger partial charge in [-0.1, -0.05) is 60.1 Å². The highest BCUT2D eigenvalue weighted by atomic mass is 35.5. The summed E-state index contributed by atoms with van der Waals surface area (Å²) in [5.74, 6) is 0.259. The SMILES string of the molecule is Cc1ccccc1NC(=NS(=O)(=O)c1ccc(Cl)cc1)c1ccccc1. The maximum Gasteiger partial charge on any atom is 0.284 e. The van der Waals surface area contributed by atoms with Crippen LogP contribution in [-0.4, -0.2) is 14.3 Å². The lowest BCUT2D eigenvalue weighted by atomic mass is 10.1. The maximum absolute atomic E-state index is 12.7. The van der Waals surface area contributed by atoms with Crippen molar-refractivity contribution in [1.82, 2.24) is 0 Å². The highest BCUT2D eigenvalue weighted by Gasteiger charge is 2.16. The molecule has 0 radical (unpaired) electrons. The first-order valence-corrected chi connectivity index (χ1v) is 9.76. The summed E-state index contributed by atoms with van der Waals surface area (Å²) in [6.45, 7) is 1.94. The van der Waals surface area contributed by atoms with Gasteiger partial charge in [-0.2, -0.15) is 8.42 Å². The van der Waals surface area contributed by atoms with Gasteiger partial charge >= 0.3 is 0 Å². The quantitative estimate of drug-likeness (QED) is 0.514. The molecule has 0 amide bonds. The van der Waals surface area contributed by atoms with Gasteiger partial charge in [-0.15, -0.1) is 4.40 Å². The lowest BCUT2D eigenvalue weighted by molar-refractivity contribution is 0.598. The second kappa shape index (κ2) is 7.72. The Morgan fingerprint density at radius 1 is 0.885 bits per heavy atom. The number of hydrogen-bond donors (Lipinski definition) is 1. The predicted molar refractivity (Wildman–Crippen MR) is 106 cm³/mol. The van der Waals surface area contributed by atoms with Gasteiger partial charge in [0.25, 0.3) is 10.0 Å². The Bertz CT molecular complexity index is 1030. The van der Waals surface area contributed by atoms with Gasteiger partial charge in [-0.25, -0.2) is 0 Å². The van der Waals surface area contributed by atoms with Crippen LogP contribution in [0.1, 0.15) is 11.1 Å². The molecule has 0 spiro atoms. The molecule has 3 aromatic rings. The van der Waals surface area contributed by atoms with Crippen molar-refractivity contribution in [2.45, 2.75) is 11.8 Å². The lowest BCUT2D eigenvalue weighted by Gasteiger charge is -2.12. The molecule has 132 valence electrons. The van der Waals surface area contributed by atoms with E-state index in [0.717, 1.165) is 11.3 Å². The van der Waals surface area contributed by atoms with Crippen LogP contribution in [0.15, 0.2) is 88.2 Å². The van der Waals surface area contributed by atoms with E-state index in [9.17, 15) is 8.42 Å². The van der Waals surface area contributed by atoms with Gasteiger partial charge in [0.2, 0.25) is 0 Å². The molecular formula is C20H17ClN2O2S. The number of sulfonamides is 1. The summed E-state index contributed by atoms with van der Waals surface area (Å²) < 4.78 is 29.5. The first-order chi connectivity index (χ1) is 12.5. The third-order valence-corrected chi connectivity index (χ3v) is 5.31. The standard InChI is InChI=1S/C20H17ClN2O2S/c1-15-7-5-6-10-19(15)22-20(16-8-3-2-4-9-16)23-26(24,25)18-13-11-17(21)12-14-18/h2-14H,1H3,(H,22,23). The van der Waals surface area contributed by atoms with Crippen molar-refractivity contribution < 1.29 is 8.42 Å². The van der Waals surface area contributed by atoms with Gasteiger partial charge in [-0.05, 0) is 42.8 Å². The molecule has 0 aliphatic rings. The summed E-state index contributed by atoms with van der Waals surface area (Å²) in [6, 6.07) is 22.7. The number of hydrogen-bond acceptors (Lipinski definition) is 2. The van der Waals surface area contributed by atoms with E-state index in [-0.39, 0.29) is 10.7 Å².